The Bertz CT molecular complexity index is 195. The first-order valence-corrected chi connectivity index (χ1v) is 6.57. The lowest BCUT2D eigenvalue weighted by Crippen LogP contribution is -2.44. The minimum atomic E-state index is 0.608. The highest BCUT2D eigenvalue weighted by Crippen LogP contribution is 2.51. The van der Waals surface area contributed by atoms with Gasteiger partial charge in [0.15, 0.2) is 0 Å². The lowest BCUT2D eigenvalue weighted by molar-refractivity contribution is 0.0433. The molecule has 0 bridgehead atoms. The summed E-state index contributed by atoms with van der Waals surface area (Å²) in [7, 11) is 0. The first-order chi connectivity index (χ1) is 7.26. The van der Waals surface area contributed by atoms with Crippen LogP contribution in [-0.2, 0) is 4.74 Å². The number of hydrogen-bond acceptors (Lipinski definition) is 2. The van der Waals surface area contributed by atoms with Gasteiger partial charge in [-0.25, -0.2) is 0 Å². The number of nitrogens with one attached hydrogen (secondary N) is 1. The molecule has 0 spiro atoms. The van der Waals surface area contributed by atoms with Gasteiger partial charge in [-0.3, -0.25) is 0 Å². The van der Waals surface area contributed by atoms with Crippen LogP contribution in [0.4, 0.5) is 0 Å². The predicted molar refractivity (Wildman–Crippen MR) is 63.0 cm³/mol. The van der Waals surface area contributed by atoms with E-state index in [4.69, 9.17) is 4.74 Å². The van der Waals surface area contributed by atoms with Crippen LogP contribution >= 0.6 is 0 Å². The second kappa shape index (κ2) is 4.84. The fourth-order valence-corrected chi connectivity index (χ4v) is 2.84. The topological polar surface area (TPSA) is 21.3 Å². The Balaban J connectivity index is 1.91. The maximum absolute atomic E-state index is 5.46. The Hall–Kier alpha value is -0.0800. The molecule has 0 aromatic rings. The largest absolute Gasteiger partial charge is 0.381 e. The Labute approximate surface area is 93.8 Å². The molecule has 2 heteroatoms. The van der Waals surface area contributed by atoms with Gasteiger partial charge in [-0.2, -0.15) is 0 Å². The summed E-state index contributed by atoms with van der Waals surface area (Å²) < 4.78 is 5.46. The average Bonchev–Trinajstić information content (AvgIpc) is 2.99. The van der Waals surface area contributed by atoms with Gasteiger partial charge in [-0.15, -0.1) is 0 Å². The summed E-state index contributed by atoms with van der Waals surface area (Å²) in [5.41, 5.74) is 0.608. The van der Waals surface area contributed by atoms with Crippen LogP contribution in [0.25, 0.3) is 0 Å². The van der Waals surface area contributed by atoms with Crippen molar-refractivity contribution in [3.8, 4) is 0 Å². The first kappa shape index (κ1) is 11.4. The highest BCUT2D eigenvalue weighted by Gasteiger charge is 2.47. The van der Waals surface area contributed by atoms with Crippen LogP contribution in [0.3, 0.4) is 0 Å². The third-order valence-electron chi connectivity index (χ3n) is 4.14. The number of hydrogen-bond donors (Lipinski definition) is 1. The Kier molecular flexibility index (Phi) is 3.68. The number of ether oxygens (including phenoxy) is 1. The van der Waals surface area contributed by atoms with Crippen molar-refractivity contribution >= 4 is 0 Å². The molecule has 0 amide bonds. The SMILES string of the molecule is CCCNC(C1CCOCC1)C1(C)CC1. The van der Waals surface area contributed by atoms with Crippen LogP contribution in [0.15, 0.2) is 0 Å². The summed E-state index contributed by atoms with van der Waals surface area (Å²) in [6.07, 6.45) is 6.61. The summed E-state index contributed by atoms with van der Waals surface area (Å²) in [6, 6.07) is 0.751. The van der Waals surface area contributed by atoms with Gasteiger partial charge in [0, 0.05) is 19.3 Å². The monoisotopic (exact) mass is 211 g/mol. The van der Waals surface area contributed by atoms with E-state index in [2.05, 4.69) is 19.2 Å². The highest BCUT2D eigenvalue weighted by molar-refractivity contribution is 5.01. The lowest BCUT2D eigenvalue weighted by atomic mass is 9.82. The van der Waals surface area contributed by atoms with E-state index in [1.165, 1.54) is 38.6 Å². The molecule has 2 nitrogen and oxygen atoms in total. The minimum absolute atomic E-state index is 0.608. The van der Waals surface area contributed by atoms with Crippen LogP contribution in [0.2, 0.25) is 0 Å². The molecule has 1 aliphatic heterocycles. The summed E-state index contributed by atoms with van der Waals surface area (Å²) in [5.74, 6) is 0.859. The maximum atomic E-state index is 5.46. The predicted octanol–water partition coefficient (Wildman–Crippen LogP) is 2.58. The van der Waals surface area contributed by atoms with Crippen molar-refractivity contribution in [3.05, 3.63) is 0 Å². The molecule has 1 saturated heterocycles. The van der Waals surface area contributed by atoms with Crippen molar-refractivity contribution < 1.29 is 4.74 Å². The van der Waals surface area contributed by atoms with Crippen molar-refractivity contribution in [1.29, 1.82) is 0 Å². The first-order valence-electron chi connectivity index (χ1n) is 6.57. The molecule has 0 radical (unpaired) electrons. The van der Waals surface area contributed by atoms with Crippen molar-refractivity contribution in [2.75, 3.05) is 19.8 Å². The van der Waals surface area contributed by atoms with E-state index in [0.29, 0.717) is 5.41 Å². The molecular formula is C13H25NO. The molecule has 0 aromatic carbocycles. The molecule has 1 unspecified atom stereocenters. The third-order valence-corrected chi connectivity index (χ3v) is 4.14. The normalized spacial score (nSPS) is 27.6. The number of rotatable bonds is 5. The minimum Gasteiger partial charge on any atom is -0.381 e. The maximum Gasteiger partial charge on any atom is 0.0469 e. The fourth-order valence-electron chi connectivity index (χ4n) is 2.84. The molecule has 88 valence electrons. The molecular weight excluding hydrogens is 186 g/mol. The van der Waals surface area contributed by atoms with E-state index < -0.39 is 0 Å². The molecule has 1 heterocycles. The van der Waals surface area contributed by atoms with E-state index in [1.807, 2.05) is 0 Å². The van der Waals surface area contributed by atoms with Crippen molar-refractivity contribution in [1.82, 2.24) is 5.32 Å². The molecule has 1 saturated carbocycles. The Morgan fingerprint density at radius 1 is 1.33 bits per heavy atom. The highest BCUT2D eigenvalue weighted by atomic mass is 16.5. The summed E-state index contributed by atoms with van der Waals surface area (Å²) >= 11 is 0. The molecule has 2 rings (SSSR count). The quantitative estimate of drug-likeness (QED) is 0.754. The van der Waals surface area contributed by atoms with E-state index in [1.54, 1.807) is 0 Å². The van der Waals surface area contributed by atoms with Crippen LogP contribution in [-0.4, -0.2) is 25.8 Å². The molecule has 1 aliphatic carbocycles. The zero-order valence-electron chi connectivity index (χ0n) is 10.2. The zero-order valence-corrected chi connectivity index (χ0v) is 10.2. The molecule has 1 atom stereocenters. The zero-order chi connectivity index (χ0) is 10.7. The van der Waals surface area contributed by atoms with Crippen molar-refractivity contribution in [3.63, 3.8) is 0 Å². The standard InChI is InChI=1S/C13H25NO/c1-3-8-14-12(13(2)6-7-13)11-4-9-15-10-5-11/h11-12,14H,3-10H2,1-2H3. The van der Waals surface area contributed by atoms with Crippen molar-refractivity contribution in [2.24, 2.45) is 11.3 Å². The van der Waals surface area contributed by atoms with E-state index in [9.17, 15) is 0 Å². The van der Waals surface area contributed by atoms with Gasteiger partial charge in [0.2, 0.25) is 0 Å². The van der Waals surface area contributed by atoms with Crippen LogP contribution in [0.5, 0.6) is 0 Å². The van der Waals surface area contributed by atoms with Gasteiger partial charge in [-0.1, -0.05) is 13.8 Å². The lowest BCUT2D eigenvalue weighted by Gasteiger charge is -2.35. The molecule has 2 aliphatic rings. The Morgan fingerprint density at radius 2 is 2.00 bits per heavy atom. The Morgan fingerprint density at radius 3 is 2.53 bits per heavy atom. The second-order valence-electron chi connectivity index (χ2n) is 5.54. The van der Waals surface area contributed by atoms with Crippen LogP contribution in [0, 0.1) is 11.3 Å². The van der Waals surface area contributed by atoms with Gasteiger partial charge in [-0.05, 0) is 50.0 Å². The van der Waals surface area contributed by atoms with Gasteiger partial charge in [0.1, 0.15) is 0 Å². The van der Waals surface area contributed by atoms with Gasteiger partial charge in [0.05, 0.1) is 0 Å². The van der Waals surface area contributed by atoms with Crippen LogP contribution in [0.1, 0.15) is 46.0 Å². The average molecular weight is 211 g/mol. The third kappa shape index (κ3) is 2.73. The summed E-state index contributed by atoms with van der Waals surface area (Å²) in [4.78, 5) is 0. The van der Waals surface area contributed by atoms with Gasteiger partial charge in [0.25, 0.3) is 0 Å². The fraction of sp³-hybridized carbons (Fsp3) is 1.00. The molecule has 2 fully saturated rings. The molecule has 1 N–H and O–H groups in total. The van der Waals surface area contributed by atoms with Gasteiger partial charge >= 0.3 is 0 Å². The summed E-state index contributed by atoms with van der Waals surface area (Å²) in [6.45, 7) is 7.84. The van der Waals surface area contributed by atoms with Crippen LogP contribution < -0.4 is 5.32 Å². The van der Waals surface area contributed by atoms with E-state index >= 15 is 0 Å². The summed E-state index contributed by atoms with van der Waals surface area (Å²) in [5, 5.41) is 3.79. The van der Waals surface area contributed by atoms with Crippen molar-refractivity contribution in [2.45, 2.75) is 52.0 Å². The second-order valence-corrected chi connectivity index (χ2v) is 5.54. The molecule has 15 heavy (non-hydrogen) atoms. The van der Waals surface area contributed by atoms with E-state index in [-0.39, 0.29) is 0 Å². The smallest absolute Gasteiger partial charge is 0.0469 e. The molecule has 0 aromatic heterocycles. The van der Waals surface area contributed by atoms with Gasteiger partial charge < -0.3 is 10.1 Å². The van der Waals surface area contributed by atoms with E-state index in [0.717, 1.165) is 25.2 Å².